The molecule has 2 amide bonds. The molecule has 2 N–H and O–H groups in total. The number of hydrogen-bond acceptors (Lipinski definition) is 17. The maximum Gasteiger partial charge on any atom is 0.318 e. The summed E-state index contributed by atoms with van der Waals surface area (Å²) in [6.07, 6.45) is 2.58. The van der Waals surface area contributed by atoms with Crippen molar-refractivity contribution in [1.82, 2.24) is 10.9 Å². The summed E-state index contributed by atoms with van der Waals surface area (Å²) in [5.41, 5.74) is 3.30. The van der Waals surface area contributed by atoms with E-state index in [4.69, 9.17) is 18.9 Å². The predicted molar refractivity (Wildman–Crippen MR) is 194 cm³/mol. The molecule has 0 aromatic heterocycles. The van der Waals surface area contributed by atoms with Crippen LogP contribution in [0.15, 0.2) is 83.0 Å². The van der Waals surface area contributed by atoms with Crippen molar-refractivity contribution in [3.05, 3.63) is 124 Å². The predicted octanol–water partition coefficient (Wildman–Crippen LogP) is 5.25. The van der Waals surface area contributed by atoms with Gasteiger partial charge in [-0.1, -0.05) is 0 Å². The van der Waals surface area contributed by atoms with Gasteiger partial charge in [0.25, 0.3) is 11.4 Å². The zero-order valence-electron chi connectivity index (χ0n) is 28.3. The lowest BCUT2D eigenvalue weighted by Crippen LogP contribution is -2.23. The largest absolute Gasteiger partial charge is 0.493 e. The molecule has 0 aliphatic rings. The number of nitro benzene ring substituents is 4. The third-order valence-electron chi connectivity index (χ3n) is 6.79. The number of benzene rings is 4. The van der Waals surface area contributed by atoms with Gasteiger partial charge in [-0.05, 0) is 59.7 Å². The van der Waals surface area contributed by atoms with E-state index >= 15 is 0 Å². The first-order valence-corrected chi connectivity index (χ1v) is 16.2. The quantitative estimate of drug-likeness (QED) is 0.0740. The Kier molecular flexibility index (Phi) is 13.6. The monoisotopic (exact) mass is 778 g/mol. The lowest BCUT2D eigenvalue weighted by molar-refractivity contribution is -0.394. The summed E-state index contributed by atoms with van der Waals surface area (Å²) in [5, 5.41) is 52.5. The molecule has 0 aliphatic heterocycles. The van der Waals surface area contributed by atoms with Crippen LogP contribution in [0.25, 0.3) is 0 Å². The summed E-state index contributed by atoms with van der Waals surface area (Å²) in [4.78, 5) is 66.1. The molecule has 0 spiro atoms. The van der Waals surface area contributed by atoms with Gasteiger partial charge in [0.1, 0.15) is 0 Å². The molecule has 4 aromatic carbocycles. The average molecular weight is 779 g/mol. The van der Waals surface area contributed by atoms with Crippen molar-refractivity contribution in [3.63, 3.8) is 0 Å². The Morgan fingerprint density at radius 1 is 0.582 bits per heavy atom. The number of methoxy groups -OCH3 is 2. The minimum Gasteiger partial charge on any atom is -0.493 e. The van der Waals surface area contributed by atoms with Crippen molar-refractivity contribution < 1.29 is 48.2 Å². The number of thioether (sulfide) groups is 1. The van der Waals surface area contributed by atoms with Gasteiger partial charge in [-0.3, -0.25) is 50.0 Å². The van der Waals surface area contributed by atoms with E-state index in [0.29, 0.717) is 11.1 Å². The number of hydrogen-bond donors (Lipinski definition) is 2. The van der Waals surface area contributed by atoms with Gasteiger partial charge in [-0.2, -0.15) is 10.2 Å². The highest BCUT2D eigenvalue weighted by molar-refractivity contribution is 8.00. The van der Waals surface area contributed by atoms with Crippen molar-refractivity contribution in [1.29, 1.82) is 0 Å². The van der Waals surface area contributed by atoms with Gasteiger partial charge in [0.05, 0.1) is 70.0 Å². The highest BCUT2D eigenvalue weighted by Crippen LogP contribution is 2.39. The van der Waals surface area contributed by atoms with Crippen LogP contribution < -0.4 is 29.8 Å². The van der Waals surface area contributed by atoms with Gasteiger partial charge < -0.3 is 18.9 Å². The molecule has 0 unspecified atom stereocenters. The van der Waals surface area contributed by atoms with Crippen LogP contribution in [0.4, 0.5) is 22.7 Å². The number of nitro groups is 4. The molecule has 4 aromatic rings. The molecule has 23 heteroatoms. The fourth-order valence-corrected chi connectivity index (χ4v) is 4.89. The number of carbonyl (C=O) groups is 2. The average Bonchev–Trinajstić information content (AvgIpc) is 3.15. The Morgan fingerprint density at radius 3 is 1.31 bits per heavy atom. The standard InChI is InChI=1S/C32H26N8O14S/c1-51-29-11-19(3-7-27(29)53-25-9-5-21(37(43)44)13-23(25)39(47)48)15-33-35-31(41)17-55-18-32(42)36-34-16-20-4-8-28(30(12-20)52-2)54-26-10-6-22(38(45)46)14-24(26)40(49)50/h3-16H,17-18H2,1-2H3,(H,35,41)(H,36,42)/b33-15-,34-16+. The van der Waals surface area contributed by atoms with Gasteiger partial charge in [0.2, 0.25) is 23.3 Å². The summed E-state index contributed by atoms with van der Waals surface area (Å²) < 4.78 is 21.8. The van der Waals surface area contributed by atoms with E-state index < -0.39 is 54.3 Å². The van der Waals surface area contributed by atoms with E-state index in [1.807, 2.05) is 0 Å². The number of nitrogens with one attached hydrogen (secondary N) is 2. The van der Waals surface area contributed by atoms with Gasteiger partial charge in [0.15, 0.2) is 23.0 Å². The summed E-state index contributed by atoms with van der Waals surface area (Å²) in [7, 11) is 2.65. The molecule has 0 fully saturated rings. The Balaban J connectivity index is 1.24. The van der Waals surface area contributed by atoms with Crippen LogP contribution in [0, 0.1) is 40.5 Å². The van der Waals surface area contributed by atoms with Crippen LogP contribution in [-0.2, 0) is 9.59 Å². The van der Waals surface area contributed by atoms with Crippen molar-refractivity contribution in [2.24, 2.45) is 10.2 Å². The van der Waals surface area contributed by atoms with Crippen LogP contribution in [0.1, 0.15) is 11.1 Å². The van der Waals surface area contributed by atoms with E-state index in [9.17, 15) is 50.0 Å². The van der Waals surface area contributed by atoms with Crippen LogP contribution in [-0.4, -0.2) is 69.7 Å². The maximum absolute atomic E-state index is 12.2. The lowest BCUT2D eigenvalue weighted by atomic mass is 10.2. The second-order valence-electron chi connectivity index (χ2n) is 10.4. The maximum atomic E-state index is 12.2. The molecule has 0 heterocycles. The molecule has 0 saturated heterocycles. The first-order chi connectivity index (χ1) is 26.3. The summed E-state index contributed by atoms with van der Waals surface area (Å²) in [6, 6.07) is 14.7. The Morgan fingerprint density at radius 2 is 0.964 bits per heavy atom. The molecule has 0 radical (unpaired) electrons. The first kappa shape index (κ1) is 40.1. The number of amides is 2. The topological polar surface area (TPSA) is 292 Å². The molecular formula is C32H26N8O14S. The zero-order valence-corrected chi connectivity index (χ0v) is 29.1. The van der Waals surface area contributed by atoms with Crippen LogP contribution >= 0.6 is 11.8 Å². The highest BCUT2D eigenvalue weighted by Gasteiger charge is 2.24. The summed E-state index contributed by atoms with van der Waals surface area (Å²) >= 11 is 0.975. The third kappa shape index (κ3) is 11.1. The lowest BCUT2D eigenvalue weighted by Gasteiger charge is -2.11. The Hall–Kier alpha value is -7.69. The van der Waals surface area contributed by atoms with Gasteiger partial charge in [0, 0.05) is 12.1 Å². The minimum absolute atomic E-state index is 0.0683. The van der Waals surface area contributed by atoms with Crippen LogP contribution in [0.5, 0.6) is 34.5 Å². The van der Waals surface area contributed by atoms with Crippen LogP contribution in [0.2, 0.25) is 0 Å². The van der Waals surface area contributed by atoms with E-state index in [-0.39, 0.29) is 46.0 Å². The molecular weight excluding hydrogens is 752 g/mol. The van der Waals surface area contributed by atoms with Crippen molar-refractivity contribution in [2.45, 2.75) is 0 Å². The summed E-state index contributed by atoms with van der Waals surface area (Å²) in [5.74, 6) is -1.40. The van der Waals surface area contributed by atoms with Gasteiger partial charge in [-0.15, -0.1) is 11.8 Å². The first-order valence-electron chi connectivity index (χ1n) is 15.1. The molecule has 4 rings (SSSR count). The fourth-order valence-electron chi connectivity index (χ4n) is 4.29. The second-order valence-corrected chi connectivity index (χ2v) is 11.4. The van der Waals surface area contributed by atoms with Gasteiger partial charge in [-0.25, -0.2) is 10.9 Å². The van der Waals surface area contributed by atoms with Crippen LogP contribution in [0.3, 0.4) is 0 Å². The molecule has 22 nitrogen and oxygen atoms in total. The molecule has 0 aliphatic carbocycles. The number of rotatable bonds is 18. The van der Waals surface area contributed by atoms with Crippen molar-refractivity contribution >= 4 is 58.8 Å². The van der Waals surface area contributed by atoms with Crippen molar-refractivity contribution in [2.75, 3.05) is 25.7 Å². The summed E-state index contributed by atoms with van der Waals surface area (Å²) in [6.45, 7) is 0. The number of carbonyl (C=O) groups excluding carboxylic acids is 2. The van der Waals surface area contributed by atoms with E-state index in [1.165, 1.54) is 63.0 Å². The number of hydrazone groups is 2. The van der Waals surface area contributed by atoms with Crippen molar-refractivity contribution in [3.8, 4) is 34.5 Å². The van der Waals surface area contributed by atoms with E-state index in [0.717, 1.165) is 48.2 Å². The Bertz CT molecular complexity index is 2060. The number of non-ortho nitro benzene ring substituents is 2. The molecule has 0 bridgehead atoms. The number of nitrogens with zero attached hydrogens (tertiary/aromatic N) is 6. The van der Waals surface area contributed by atoms with Gasteiger partial charge >= 0.3 is 11.4 Å². The normalized spacial score (nSPS) is 10.8. The van der Waals surface area contributed by atoms with E-state index in [2.05, 4.69) is 21.1 Å². The fraction of sp³-hybridized carbons (Fsp3) is 0.125. The second kappa shape index (κ2) is 18.7. The third-order valence-corrected chi connectivity index (χ3v) is 7.72. The Labute approximate surface area is 312 Å². The number of ether oxygens (including phenoxy) is 4. The van der Waals surface area contributed by atoms with E-state index in [1.54, 1.807) is 0 Å². The zero-order chi connectivity index (χ0) is 40.1. The molecule has 284 valence electrons. The molecule has 55 heavy (non-hydrogen) atoms. The molecule has 0 atom stereocenters. The smallest absolute Gasteiger partial charge is 0.318 e. The minimum atomic E-state index is -0.815. The molecule has 0 saturated carbocycles. The SMILES string of the molecule is COc1cc(/C=N\NC(=O)CSCC(=O)N/N=C/c2ccc(Oc3ccc([N+](=O)[O-])cc3[N+](=O)[O-])c(OC)c2)ccc1Oc1ccc([N+](=O)[O-])cc1[N+](=O)[O-]. The highest BCUT2D eigenvalue weighted by atomic mass is 32.2.